The second-order valence-corrected chi connectivity index (χ2v) is 15.3. The SMILES string of the molecule is CCCCCCCCCCCCCCCCOP(=O)(O)OCCCCCCCCCCCCCCCC.CCCCCCCCN. The molecule has 0 aromatic rings. The molecule has 3 N–H and O–H groups in total. The van der Waals surface area contributed by atoms with Crippen LogP contribution in [0.1, 0.15) is 239 Å². The summed E-state index contributed by atoms with van der Waals surface area (Å²) in [6, 6.07) is 0. The Hall–Kier alpha value is 0.0700. The first-order valence-corrected chi connectivity index (χ1v) is 22.4. The molecule has 0 saturated carbocycles. The molecular formula is C40H86NO4P. The predicted octanol–water partition coefficient (Wildman–Crippen LogP) is 14.4. The summed E-state index contributed by atoms with van der Waals surface area (Å²) in [6.45, 7) is 8.30. The minimum absolute atomic E-state index is 0.324. The maximum absolute atomic E-state index is 12.0. The highest BCUT2D eigenvalue weighted by molar-refractivity contribution is 7.47. The van der Waals surface area contributed by atoms with Gasteiger partial charge in [-0.25, -0.2) is 4.57 Å². The predicted molar refractivity (Wildman–Crippen MR) is 205 cm³/mol. The monoisotopic (exact) mass is 676 g/mol. The molecular weight excluding hydrogens is 589 g/mol. The molecule has 0 radical (unpaired) electrons. The van der Waals surface area contributed by atoms with Gasteiger partial charge in [-0.05, 0) is 25.8 Å². The number of phosphoric ester groups is 1. The molecule has 0 aromatic carbocycles. The lowest BCUT2D eigenvalue weighted by atomic mass is 10.0. The molecule has 0 rings (SSSR count). The summed E-state index contributed by atoms with van der Waals surface area (Å²) < 4.78 is 22.3. The Balaban J connectivity index is 0. The van der Waals surface area contributed by atoms with E-state index in [1.165, 1.54) is 193 Å². The van der Waals surface area contributed by atoms with E-state index in [0.29, 0.717) is 13.2 Å². The van der Waals surface area contributed by atoms with Crippen LogP contribution in [0.25, 0.3) is 0 Å². The molecule has 0 bridgehead atoms. The first kappa shape index (κ1) is 48.2. The van der Waals surface area contributed by atoms with Crippen molar-refractivity contribution < 1.29 is 18.5 Å². The zero-order chi connectivity index (χ0) is 34.1. The van der Waals surface area contributed by atoms with E-state index in [4.69, 9.17) is 14.8 Å². The molecule has 280 valence electrons. The van der Waals surface area contributed by atoms with Crippen LogP contribution >= 0.6 is 7.82 Å². The Morgan fingerprint density at radius 2 is 0.565 bits per heavy atom. The quantitative estimate of drug-likeness (QED) is 0.0503. The van der Waals surface area contributed by atoms with Crippen LogP contribution in [0, 0.1) is 0 Å². The van der Waals surface area contributed by atoms with Crippen molar-refractivity contribution in [2.75, 3.05) is 19.8 Å². The number of hydrogen-bond donors (Lipinski definition) is 2. The maximum Gasteiger partial charge on any atom is 0.472 e. The van der Waals surface area contributed by atoms with Crippen molar-refractivity contribution in [1.82, 2.24) is 0 Å². The molecule has 0 spiro atoms. The third-order valence-corrected chi connectivity index (χ3v) is 10.1. The van der Waals surface area contributed by atoms with Gasteiger partial charge in [-0.3, -0.25) is 9.05 Å². The molecule has 0 atom stereocenters. The van der Waals surface area contributed by atoms with Gasteiger partial charge in [0.15, 0.2) is 0 Å². The topological polar surface area (TPSA) is 81.8 Å². The number of rotatable bonds is 38. The van der Waals surface area contributed by atoms with Crippen molar-refractivity contribution in [1.29, 1.82) is 0 Å². The van der Waals surface area contributed by atoms with Crippen LogP contribution in [0.3, 0.4) is 0 Å². The van der Waals surface area contributed by atoms with Crippen LogP contribution in [0.2, 0.25) is 0 Å². The molecule has 46 heavy (non-hydrogen) atoms. The lowest BCUT2D eigenvalue weighted by Gasteiger charge is -2.12. The van der Waals surface area contributed by atoms with Crippen LogP contribution < -0.4 is 5.73 Å². The van der Waals surface area contributed by atoms with Gasteiger partial charge in [-0.2, -0.15) is 0 Å². The molecule has 0 aliphatic rings. The zero-order valence-corrected chi connectivity index (χ0v) is 32.8. The summed E-state index contributed by atoms with van der Waals surface area (Å²) in [5.41, 5.74) is 5.34. The van der Waals surface area contributed by atoms with Gasteiger partial charge >= 0.3 is 7.82 Å². The van der Waals surface area contributed by atoms with Crippen LogP contribution in [0.15, 0.2) is 0 Å². The largest absolute Gasteiger partial charge is 0.472 e. The van der Waals surface area contributed by atoms with Gasteiger partial charge in [-0.15, -0.1) is 0 Å². The first-order chi connectivity index (χ1) is 22.5. The molecule has 0 amide bonds. The van der Waals surface area contributed by atoms with Gasteiger partial charge in [0.1, 0.15) is 0 Å². The second-order valence-electron chi connectivity index (χ2n) is 13.9. The summed E-state index contributed by atoms with van der Waals surface area (Å²) in [5.74, 6) is 0. The van der Waals surface area contributed by atoms with Gasteiger partial charge in [0, 0.05) is 0 Å². The van der Waals surface area contributed by atoms with Crippen LogP contribution in [-0.4, -0.2) is 24.7 Å². The standard InChI is InChI=1S/C32H67O4P.C8H19N/c1-3-5-7-9-11-13-15-17-19-21-23-25-27-29-31-35-37(33,34)36-32-30-28-26-24-22-20-18-16-14-12-10-8-6-4-2;1-2-3-4-5-6-7-8-9/h3-32H2,1-2H3,(H,33,34);2-9H2,1H3. The smallest absolute Gasteiger partial charge is 0.330 e. The number of nitrogens with two attached hydrogens (primary N) is 1. The van der Waals surface area contributed by atoms with E-state index in [1.54, 1.807) is 0 Å². The molecule has 0 heterocycles. The molecule has 0 aliphatic heterocycles. The van der Waals surface area contributed by atoms with E-state index in [2.05, 4.69) is 20.8 Å². The molecule has 0 aliphatic carbocycles. The van der Waals surface area contributed by atoms with Gasteiger partial charge in [-0.1, -0.05) is 220 Å². The van der Waals surface area contributed by atoms with Gasteiger partial charge in [0.05, 0.1) is 13.2 Å². The van der Waals surface area contributed by atoms with Crippen molar-refractivity contribution in [3.63, 3.8) is 0 Å². The number of phosphoric acid groups is 1. The van der Waals surface area contributed by atoms with E-state index in [0.717, 1.165) is 32.2 Å². The lowest BCUT2D eigenvalue weighted by molar-refractivity contribution is 0.145. The van der Waals surface area contributed by atoms with Crippen LogP contribution in [0.4, 0.5) is 0 Å². The van der Waals surface area contributed by atoms with E-state index in [9.17, 15) is 9.46 Å². The second kappa shape index (κ2) is 43.1. The molecule has 0 fully saturated rings. The summed E-state index contributed by atoms with van der Waals surface area (Å²) in [5, 5.41) is 0. The average molecular weight is 676 g/mol. The Kier molecular flexibility index (Phi) is 45.1. The fourth-order valence-corrected chi connectivity index (χ4v) is 6.71. The number of hydrogen-bond acceptors (Lipinski definition) is 4. The van der Waals surface area contributed by atoms with E-state index >= 15 is 0 Å². The van der Waals surface area contributed by atoms with E-state index in [1.807, 2.05) is 0 Å². The Bertz CT molecular complexity index is 533. The van der Waals surface area contributed by atoms with Gasteiger partial charge in [0.2, 0.25) is 0 Å². The van der Waals surface area contributed by atoms with Crippen molar-refractivity contribution in [3.05, 3.63) is 0 Å². The average Bonchev–Trinajstić information content (AvgIpc) is 3.05. The third-order valence-electron chi connectivity index (χ3n) is 9.06. The summed E-state index contributed by atoms with van der Waals surface area (Å²) in [4.78, 5) is 9.83. The normalized spacial score (nSPS) is 11.6. The van der Waals surface area contributed by atoms with Crippen LogP contribution in [-0.2, 0) is 13.6 Å². The molecule has 0 unspecified atom stereocenters. The Labute approximate surface area is 290 Å². The Morgan fingerprint density at radius 1 is 0.370 bits per heavy atom. The van der Waals surface area contributed by atoms with E-state index < -0.39 is 7.82 Å². The number of unbranched alkanes of at least 4 members (excludes halogenated alkanes) is 31. The molecule has 5 nitrogen and oxygen atoms in total. The summed E-state index contributed by atoms with van der Waals surface area (Å²) in [7, 11) is -3.87. The Morgan fingerprint density at radius 3 is 0.783 bits per heavy atom. The van der Waals surface area contributed by atoms with E-state index in [-0.39, 0.29) is 0 Å². The highest BCUT2D eigenvalue weighted by Crippen LogP contribution is 2.43. The molecule has 0 aromatic heterocycles. The molecule has 6 heteroatoms. The molecule has 0 saturated heterocycles. The van der Waals surface area contributed by atoms with Gasteiger partial charge < -0.3 is 10.6 Å². The first-order valence-electron chi connectivity index (χ1n) is 20.9. The summed E-state index contributed by atoms with van der Waals surface area (Å²) in [6.07, 6.45) is 44.4. The van der Waals surface area contributed by atoms with Gasteiger partial charge in [0.25, 0.3) is 0 Å². The third kappa shape index (κ3) is 46.2. The fraction of sp³-hybridized carbons (Fsp3) is 1.00. The van der Waals surface area contributed by atoms with Crippen molar-refractivity contribution in [3.8, 4) is 0 Å². The van der Waals surface area contributed by atoms with Crippen molar-refractivity contribution in [2.24, 2.45) is 5.73 Å². The minimum Gasteiger partial charge on any atom is -0.330 e. The van der Waals surface area contributed by atoms with Crippen molar-refractivity contribution >= 4 is 7.82 Å². The highest BCUT2D eigenvalue weighted by atomic mass is 31.2. The maximum atomic E-state index is 12.0. The van der Waals surface area contributed by atoms with Crippen LogP contribution in [0.5, 0.6) is 0 Å². The fourth-order valence-electron chi connectivity index (χ4n) is 5.91. The minimum atomic E-state index is -3.87. The lowest BCUT2D eigenvalue weighted by Crippen LogP contribution is -1.99. The summed E-state index contributed by atoms with van der Waals surface area (Å²) >= 11 is 0. The zero-order valence-electron chi connectivity index (χ0n) is 31.9. The van der Waals surface area contributed by atoms with Crippen molar-refractivity contribution in [2.45, 2.75) is 239 Å². The highest BCUT2D eigenvalue weighted by Gasteiger charge is 2.19.